The third-order valence-corrected chi connectivity index (χ3v) is 5.41. The summed E-state index contributed by atoms with van der Waals surface area (Å²) in [5, 5.41) is 13.4. The fourth-order valence-electron chi connectivity index (χ4n) is 3.96. The maximum atomic E-state index is 9.76. The molecule has 140 valence electrons. The molecule has 6 nitrogen and oxygen atoms in total. The van der Waals surface area contributed by atoms with E-state index >= 15 is 0 Å². The van der Waals surface area contributed by atoms with Crippen molar-refractivity contribution in [3.05, 3.63) is 41.0 Å². The number of ether oxygens (including phenoxy) is 1. The zero-order chi connectivity index (χ0) is 18.8. The van der Waals surface area contributed by atoms with E-state index in [2.05, 4.69) is 33.7 Å². The summed E-state index contributed by atoms with van der Waals surface area (Å²) in [6, 6.07) is 10.5. The van der Waals surface area contributed by atoms with Gasteiger partial charge in [-0.3, -0.25) is 9.30 Å². The third-order valence-electron chi connectivity index (χ3n) is 5.41. The summed E-state index contributed by atoms with van der Waals surface area (Å²) < 4.78 is 7.56. The Hall–Kier alpha value is -2.62. The lowest BCUT2D eigenvalue weighted by molar-refractivity contribution is 0.0398. The number of nitriles is 1. The van der Waals surface area contributed by atoms with Crippen LogP contribution in [0.4, 0.5) is 5.82 Å². The highest BCUT2D eigenvalue weighted by atomic mass is 16.5. The number of fused-ring (bicyclic) bond motifs is 3. The molecule has 1 aliphatic heterocycles. The lowest BCUT2D eigenvalue weighted by Crippen LogP contribution is -2.39. The molecule has 0 radical (unpaired) electrons. The van der Waals surface area contributed by atoms with Crippen LogP contribution in [0.2, 0.25) is 0 Å². The quantitative estimate of drug-likeness (QED) is 0.755. The molecule has 1 saturated heterocycles. The SMILES string of the molecule is CCc1c(C)c(C#N)c2nc3ccccc3n2c1NCCN1CCOCC1. The Morgan fingerprint density at radius 3 is 2.78 bits per heavy atom. The van der Waals surface area contributed by atoms with E-state index in [1.165, 1.54) is 5.56 Å². The van der Waals surface area contributed by atoms with Crippen LogP contribution in [0.3, 0.4) is 0 Å². The first-order valence-corrected chi connectivity index (χ1v) is 9.61. The average molecular weight is 363 g/mol. The van der Waals surface area contributed by atoms with Crippen molar-refractivity contribution in [2.75, 3.05) is 44.7 Å². The minimum Gasteiger partial charge on any atom is -0.379 e. The average Bonchev–Trinajstić information content (AvgIpc) is 3.08. The standard InChI is InChI=1S/C21H25N5O/c1-3-16-15(2)17(14-22)21-24-18-6-4-5-7-19(18)26(21)20(16)23-8-9-25-10-12-27-13-11-25/h4-7,23H,3,8-13H2,1-2H3. The number of benzene rings is 1. The Morgan fingerprint density at radius 2 is 2.04 bits per heavy atom. The summed E-state index contributed by atoms with van der Waals surface area (Å²) in [5.41, 5.74) is 5.57. The van der Waals surface area contributed by atoms with Crippen LogP contribution in [-0.4, -0.2) is 53.7 Å². The van der Waals surface area contributed by atoms with Crippen LogP contribution in [0.5, 0.6) is 0 Å². The molecule has 3 aromatic rings. The Balaban J connectivity index is 1.78. The van der Waals surface area contributed by atoms with Gasteiger partial charge in [0, 0.05) is 26.2 Å². The molecule has 0 unspecified atom stereocenters. The molecular formula is C21H25N5O. The molecule has 27 heavy (non-hydrogen) atoms. The number of hydrogen-bond donors (Lipinski definition) is 1. The summed E-state index contributed by atoms with van der Waals surface area (Å²) in [6.07, 6.45) is 0.864. The second-order valence-electron chi connectivity index (χ2n) is 6.93. The van der Waals surface area contributed by atoms with Gasteiger partial charge in [0.2, 0.25) is 0 Å². The maximum Gasteiger partial charge on any atom is 0.157 e. The van der Waals surface area contributed by atoms with Gasteiger partial charge < -0.3 is 10.1 Å². The fourth-order valence-corrected chi connectivity index (χ4v) is 3.96. The van der Waals surface area contributed by atoms with Crippen LogP contribution >= 0.6 is 0 Å². The molecule has 1 N–H and O–H groups in total. The van der Waals surface area contributed by atoms with Gasteiger partial charge in [0.1, 0.15) is 11.9 Å². The van der Waals surface area contributed by atoms with Crippen molar-refractivity contribution >= 4 is 22.5 Å². The van der Waals surface area contributed by atoms with Crippen LogP contribution in [0, 0.1) is 18.3 Å². The van der Waals surface area contributed by atoms with Crippen LogP contribution in [0.25, 0.3) is 16.7 Å². The molecule has 6 heteroatoms. The van der Waals surface area contributed by atoms with Gasteiger partial charge in [0.15, 0.2) is 5.65 Å². The van der Waals surface area contributed by atoms with E-state index in [-0.39, 0.29) is 0 Å². The molecule has 0 spiro atoms. The Kier molecular flexibility index (Phi) is 4.97. The predicted octanol–water partition coefficient (Wildman–Crippen LogP) is 2.97. The molecule has 4 rings (SSSR count). The van der Waals surface area contributed by atoms with Gasteiger partial charge in [-0.2, -0.15) is 5.26 Å². The fraction of sp³-hybridized carbons (Fsp3) is 0.429. The Morgan fingerprint density at radius 1 is 1.26 bits per heavy atom. The van der Waals surface area contributed by atoms with E-state index in [1.807, 2.05) is 25.1 Å². The number of pyridine rings is 1. The van der Waals surface area contributed by atoms with Crippen molar-refractivity contribution in [2.45, 2.75) is 20.3 Å². The highest BCUT2D eigenvalue weighted by Gasteiger charge is 2.20. The lowest BCUT2D eigenvalue weighted by atomic mass is 10.0. The zero-order valence-electron chi connectivity index (χ0n) is 16.0. The molecule has 1 aromatic carbocycles. The maximum absolute atomic E-state index is 9.76. The number of para-hydroxylation sites is 2. The van der Waals surface area contributed by atoms with Gasteiger partial charge >= 0.3 is 0 Å². The van der Waals surface area contributed by atoms with Crippen molar-refractivity contribution in [3.8, 4) is 6.07 Å². The number of nitrogens with zero attached hydrogens (tertiary/aromatic N) is 4. The molecule has 1 fully saturated rings. The largest absolute Gasteiger partial charge is 0.379 e. The summed E-state index contributed by atoms with van der Waals surface area (Å²) >= 11 is 0. The third kappa shape index (κ3) is 3.14. The normalized spacial score (nSPS) is 15.3. The summed E-state index contributed by atoms with van der Waals surface area (Å²) in [6.45, 7) is 9.58. The molecule has 0 bridgehead atoms. The van der Waals surface area contributed by atoms with Gasteiger partial charge in [-0.1, -0.05) is 19.1 Å². The van der Waals surface area contributed by atoms with Crippen LogP contribution < -0.4 is 5.32 Å². The number of aromatic nitrogens is 2. The molecule has 0 amide bonds. The topological polar surface area (TPSA) is 65.6 Å². The molecule has 0 saturated carbocycles. The van der Waals surface area contributed by atoms with Gasteiger partial charge in [-0.05, 0) is 36.6 Å². The van der Waals surface area contributed by atoms with E-state index < -0.39 is 0 Å². The van der Waals surface area contributed by atoms with Gasteiger partial charge in [-0.25, -0.2) is 4.98 Å². The van der Waals surface area contributed by atoms with Crippen LogP contribution in [0.15, 0.2) is 24.3 Å². The molecular weight excluding hydrogens is 338 g/mol. The zero-order valence-corrected chi connectivity index (χ0v) is 16.0. The minimum atomic E-state index is 0.668. The van der Waals surface area contributed by atoms with Gasteiger partial charge in [-0.15, -0.1) is 0 Å². The van der Waals surface area contributed by atoms with Crippen molar-refractivity contribution in [1.82, 2.24) is 14.3 Å². The number of anilines is 1. The summed E-state index contributed by atoms with van der Waals surface area (Å²) in [7, 11) is 0. The second-order valence-corrected chi connectivity index (χ2v) is 6.93. The first-order valence-electron chi connectivity index (χ1n) is 9.61. The number of hydrogen-bond acceptors (Lipinski definition) is 5. The molecule has 1 aliphatic rings. The van der Waals surface area contributed by atoms with Crippen molar-refractivity contribution in [2.24, 2.45) is 0 Å². The smallest absolute Gasteiger partial charge is 0.157 e. The van der Waals surface area contributed by atoms with Crippen LogP contribution in [-0.2, 0) is 11.2 Å². The van der Waals surface area contributed by atoms with Gasteiger partial charge in [0.25, 0.3) is 0 Å². The number of nitrogens with one attached hydrogen (secondary N) is 1. The minimum absolute atomic E-state index is 0.668. The first-order chi connectivity index (χ1) is 13.2. The Bertz CT molecular complexity index is 1010. The van der Waals surface area contributed by atoms with Crippen molar-refractivity contribution in [1.29, 1.82) is 5.26 Å². The first kappa shape index (κ1) is 17.8. The number of imidazole rings is 1. The molecule has 3 heterocycles. The number of rotatable bonds is 5. The summed E-state index contributed by atoms with van der Waals surface area (Å²) in [4.78, 5) is 7.17. The van der Waals surface area contributed by atoms with Gasteiger partial charge in [0.05, 0.1) is 29.8 Å². The second kappa shape index (κ2) is 7.55. The van der Waals surface area contributed by atoms with E-state index in [0.29, 0.717) is 5.56 Å². The lowest BCUT2D eigenvalue weighted by Gasteiger charge is -2.27. The monoisotopic (exact) mass is 363 g/mol. The predicted molar refractivity (Wildman–Crippen MR) is 107 cm³/mol. The van der Waals surface area contributed by atoms with Crippen LogP contribution in [0.1, 0.15) is 23.6 Å². The van der Waals surface area contributed by atoms with E-state index in [1.54, 1.807) is 0 Å². The number of morpholine rings is 1. The highest BCUT2D eigenvalue weighted by Crippen LogP contribution is 2.31. The van der Waals surface area contributed by atoms with Crippen molar-refractivity contribution in [3.63, 3.8) is 0 Å². The van der Waals surface area contributed by atoms with E-state index in [4.69, 9.17) is 9.72 Å². The van der Waals surface area contributed by atoms with E-state index in [9.17, 15) is 5.26 Å². The summed E-state index contributed by atoms with van der Waals surface area (Å²) in [5.74, 6) is 1.06. The Labute approximate surface area is 159 Å². The van der Waals surface area contributed by atoms with Crippen molar-refractivity contribution < 1.29 is 4.74 Å². The molecule has 0 atom stereocenters. The molecule has 2 aromatic heterocycles. The molecule has 0 aliphatic carbocycles. The van der Waals surface area contributed by atoms with E-state index in [0.717, 1.165) is 73.9 Å². The highest BCUT2D eigenvalue weighted by molar-refractivity contribution is 5.86.